The van der Waals surface area contributed by atoms with Gasteiger partial charge in [0.15, 0.2) is 0 Å². The van der Waals surface area contributed by atoms with Gasteiger partial charge in [-0.15, -0.1) is 0 Å². The summed E-state index contributed by atoms with van der Waals surface area (Å²) in [5.74, 6) is 1.70. The highest BCUT2D eigenvalue weighted by Crippen LogP contribution is 2.52. The van der Waals surface area contributed by atoms with Crippen molar-refractivity contribution in [2.45, 2.75) is 47.0 Å². The Morgan fingerprint density at radius 2 is 1.67 bits per heavy atom. The van der Waals surface area contributed by atoms with E-state index in [0.29, 0.717) is 10.8 Å². The molecule has 2 rings (SSSR count). The molecule has 2 saturated heterocycles. The van der Waals surface area contributed by atoms with Gasteiger partial charge in [-0.25, -0.2) is 0 Å². The van der Waals surface area contributed by atoms with Crippen LogP contribution < -0.4 is 5.32 Å². The summed E-state index contributed by atoms with van der Waals surface area (Å²) in [5.41, 5.74) is 0.859. The lowest BCUT2D eigenvalue weighted by Gasteiger charge is -2.52. The van der Waals surface area contributed by atoms with E-state index in [1.807, 2.05) is 0 Å². The Bertz CT molecular complexity index is 277. The lowest BCUT2D eigenvalue weighted by molar-refractivity contribution is -0.0317. The van der Waals surface area contributed by atoms with Crippen LogP contribution in [-0.4, -0.2) is 38.1 Å². The van der Waals surface area contributed by atoms with Crippen LogP contribution in [-0.2, 0) is 0 Å². The van der Waals surface area contributed by atoms with Crippen LogP contribution >= 0.6 is 0 Å². The van der Waals surface area contributed by atoms with Crippen molar-refractivity contribution in [1.82, 2.24) is 10.2 Å². The molecule has 0 aliphatic carbocycles. The molecule has 0 saturated carbocycles. The smallest absolute Gasteiger partial charge is 0.00119 e. The summed E-state index contributed by atoms with van der Waals surface area (Å²) in [6, 6.07) is 0. The van der Waals surface area contributed by atoms with E-state index in [9.17, 15) is 0 Å². The van der Waals surface area contributed by atoms with Crippen LogP contribution in [0.25, 0.3) is 0 Å². The largest absolute Gasteiger partial charge is 0.316 e. The highest BCUT2D eigenvalue weighted by Gasteiger charge is 2.48. The van der Waals surface area contributed by atoms with Crippen LogP contribution in [0.1, 0.15) is 47.0 Å². The van der Waals surface area contributed by atoms with Gasteiger partial charge in [-0.2, -0.15) is 0 Å². The third kappa shape index (κ3) is 2.46. The minimum Gasteiger partial charge on any atom is -0.316 e. The molecule has 1 N–H and O–H groups in total. The van der Waals surface area contributed by atoms with E-state index in [4.69, 9.17) is 0 Å². The van der Waals surface area contributed by atoms with Crippen molar-refractivity contribution >= 4 is 0 Å². The molecule has 2 aliphatic heterocycles. The van der Waals surface area contributed by atoms with E-state index in [2.05, 4.69) is 45.0 Å². The Hall–Kier alpha value is -0.0800. The van der Waals surface area contributed by atoms with Crippen LogP contribution in [0.4, 0.5) is 0 Å². The molecule has 2 aliphatic rings. The van der Waals surface area contributed by atoms with Crippen LogP contribution in [0.3, 0.4) is 0 Å². The maximum atomic E-state index is 3.55. The van der Waals surface area contributed by atoms with E-state index in [1.165, 1.54) is 45.4 Å². The molecule has 2 heterocycles. The minimum atomic E-state index is 0.429. The van der Waals surface area contributed by atoms with Gasteiger partial charge >= 0.3 is 0 Å². The van der Waals surface area contributed by atoms with Crippen molar-refractivity contribution in [3.8, 4) is 0 Å². The molecule has 0 aromatic rings. The third-order valence-electron chi connectivity index (χ3n) is 6.39. The van der Waals surface area contributed by atoms with Crippen LogP contribution in [0.5, 0.6) is 0 Å². The molecule has 106 valence electrons. The standard InChI is InChI=1S/C16H32N2/c1-15(2,13-8-9-17-11-13)16(3,4)14-7-6-10-18(5)12-14/h13-14,17H,6-12H2,1-5H3. The van der Waals surface area contributed by atoms with Crippen molar-refractivity contribution in [3.05, 3.63) is 0 Å². The van der Waals surface area contributed by atoms with Gasteiger partial charge in [-0.05, 0) is 68.6 Å². The van der Waals surface area contributed by atoms with Gasteiger partial charge < -0.3 is 10.2 Å². The summed E-state index contributed by atoms with van der Waals surface area (Å²) < 4.78 is 0. The number of nitrogens with one attached hydrogen (secondary N) is 1. The van der Waals surface area contributed by atoms with Crippen molar-refractivity contribution < 1.29 is 0 Å². The van der Waals surface area contributed by atoms with Gasteiger partial charge in [-0.1, -0.05) is 27.7 Å². The van der Waals surface area contributed by atoms with Crippen LogP contribution in [0.15, 0.2) is 0 Å². The first-order chi connectivity index (χ1) is 8.35. The monoisotopic (exact) mass is 252 g/mol. The topological polar surface area (TPSA) is 15.3 Å². The average molecular weight is 252 g/mol. The maximum absolute atomic E-state index is 3.55. The Morgan fingerprint density at radius 3 is 2.22 bits per heavy atom. The van der Waals surface area contributed by atoms with E-state index in [1.54, 1.807) is 0 Å². The highest BCUT2D eigenvalue weighted by atomic mass is 15.1. The van der Waals surface area contributed by atoms with Crippen molar-refractivity contribution in [2.75, 3.05) is 33.2 Å². The predicted molar refractivity (Wildman–Crippen MR) is 78.8 cm³/mol. The van der Waals surface area contributed by atoms with Gasteiger partial charge in [0.05, 0.1) is 0 Å². The van der Waals surface area contributed by atoms with Gasteiger partial charge in [-0.3, -0.25) is 0 Å². The number of rotatable bonds is 3. The number of hydrogen-bond acceptors (Lipinski definition) is 2. The second kappa shape index (κ2) is 5.13. The summed E-state index contributed by atoms with van der Waals surface area (Å²) in [6.45, 7) is 15.1. The number of likely N-dealkylation sites (tertiary alicyclic amines) is 1. The Kier molecular flexibility index (Phi) is 4.08. The molecule has 2 heteroatoms. The normalized spacial score (nSPS) is 31.8. The summed E-state index contributed by atoms with van der Waals surface area (Å²) in [4.78, 5) is 2.53. The van der Waals surface area contributed by atoms with Crippen LogP contribution in [0, 0.1) is 22.7 Å². The molecular formula is C16H32N2. The zero-order valence-electron chi connectivity index (χ0n) is 13.1. The molecule has 0 amide bonds. The first-order valence-corrected chi connectivity index (χ1v) is 7.75. The molecule has 2 atom stereocenters. The zero-order valence-corrected chi connectivity index (χ0v) is 13.1. The fourth-order valence-corrected chi connectivity index (χ4v) is 4.08. The zero-order chi connectivity index (χ0) is 13.4. The first kappa shape index (κ1) is 14.3. The average Bonchev–Trinajstić information content (AvgIpc) is 2.82. The quantitative estimate of drug-likeness (QED) is 0.831. The molecule has 2 fully saturated rings. The van der Waals surface area contributed by atoms with E-state index < -0.39 is 0 Å². The van der Waals surface area contributed by atoms with Gasteiger partial charge in [0.25, 0.3) is 0 Å². The van der Waals surface area contributed by atoms with Gasteiger partial charge in [0.1, 0.15) is 0 Å². The van der Waals surface area contributed by atoms with E-state index in [-0.39, 0.29) is 0 Å². The number of piperidine rings is 1. The van der Waals surface area contributed by atoms with E-state index >= 15 is 0 Å². The van der Waals surface area contributed by atoms with Gasteiger partial charge in [0.2, 0.25) is 0 Å². The van der Waals surface area contributed by atoms with Gasteiger partial charge in [0, 0.05) is 6.54 Å². The molecule has 0 aromatic heterocycles. The third-order valence-corrected chi connectivity index (χ3v) is 6.39. The molecule has 18 heavy (non-hydrogen) atoms. The van der Waals surface area contributed by atoms with Crippen molar-refractivity contribution in [3.63, 3.8) is 0 Å². The molecule has 2 unspecified atom stereocenters. The summed E-state index contributed by atoms with van der Waals surface area (Å²) in [7, 11) is 2.28. The van der Waals surface area contributed by atoms with Crippen LogP contribution in [0.2, 0.25) is 0 Å². The second-order valence-electron chi connectivity index (χ2n) is 7.73. The molecule has 0 bridgehead atoms. The summed E-state index contributed by atoms with van der Waals surface area (Å²) >= 11 is 0. The first-order valence-electron chi connectivity index (χ1n) is 7.75. The lowest BCUT2D eigenvalue weighted by Crippen LogP contribution is -2.49. The SMILES string of the molecule is CN1CCCC(C(C)(C)C(C)(C)C2CCNC2)C1. The molecular weight excluding hydrogens is 220 g/mol. The fourth-order valence-electron chi connectivity index (χ4n) is 4.08. The van der Waals surface area contributed by atoms with Crippen molar-refractivity contribution in [1.29, 1.82) is 0 Å². The highest BCUT2D eigenvalue weighted by molar-refractivity contribution is 4.98. The number of nitrogens with zero attached hydrogens (tertiary/aromatic N) is 1. The Morgan fingerprint density at radius 1 is 1.00 bits per heavy atom. The predicted octanol–water partition coefficient (Wildman–Crippen LogP) is 2.99. The maximum Gasteiger partial charge on any atom is 0.00119 e. The fraction of sp³-hybridized carbons (Fsp3) is 1.00. The number of hydrogen-bond donors (Lipinski definition) is 1. The molecule has 0 radical (unpaired) electrons. The Balaban J connectivity index is 2.12. The summed E-state index contributed by atoms with van der Waals surface area (Å²) in [5, 5.41) is 3.55. The van der Waals surface area contributed by atoms with E-state index in [0.717, 1.165) is 11.8 Å². The molecule has 2 nitrogen and oxygen atoms in total. The minimum absolute atomic E-state index is 0.429. The van der Waals surface area contributed by atoms with Crippen molar-refractivity contribution in [2.24, 2.45) is 22.7 Å². The Labute approximate surface area is 114 Å². The summed E-state index contributed by atoms with van der Waals surface area (Å²) in [6.07, 6.45) is 4.16. The molecule has 0 spiro atoms. The molecule has 0 aromatic carbocycles. The lowest BCUT2D eigenvalue weighted by atomic mass is 9.54. The second-order valence-corrected chi connectivity index (χ2v) is 7.73.